The van der Waals surface area contributed by atoms with E-state index in [2.05, 4.69) is 10.2 Å². The van der Waals surface area contributed by atoms with Crippen molar-refractivity contribution in [1.29, 1.82) is 0 Å². The Morgan fingerprint density at radius 3 is 2.76 bits per heavy atom. The summed E-state index contributed by atoms with van der Waals surface area (Å²) in [5.74, 6) is 0.370. The highest BCUT2D eigenvalue weighted by molar-refractivity contribution is 5.93. The van der Waals surface area contributed by atoms with Crippen LogP contribution >= 0.6 is 0 Å². The number of ether oxygens (including phenoxy) is 1. The molecular weight excluding hydrogens is 319 g/mol. The van der Waals surface area contributed by atoms with Gasteiger partial charge >= 0.3 is 0 Å². The number of rotatable bonds is 6. The number of amides is 1. The van der Waals surface area contributed by atoms with Crippen LogP contribution in [0, 0.1) is 5.82 Å². The van der Waals surface area contributed by atoms with Crippen LogP contribution in [0.3, 0.4) is 0 Å². The summed E-state index contributed by atoms with van der Waals surface area (Å²) in [5.41, 5.74) is 1.74. The molecule has 2 aromatic carbocycles. The van der Waals surface area contributed by atoms with E-state index in [1.807, 2.05) is 31.2 Å². The highest BCUT2D eigenvalue weighted by Crippen LogP contribution is 2.32. The molecule has 132 valence electrons. The van der Waals surface area contributed by atoms with E-state index in [4.69, 9.17) is 4.74 Å². The standard InChI is InChI=1S/C20H23FN2O2/c1-2-25-19-8-4-3-6-17(19)22-20(24)14-23-13-5-7-18(23)15-9-11-16(21)12-10-15/h3-4,6,8-12,18H,2,5,7,13-14H2,1H3,(H,22,24). The van der Waals surface area contributed by atoms with E-state index < -0.39 is 0 Å². The monoisotopic (exact) mass is 342 g/mol. The summed E-state index contributed by atoms with van der Waals surface area (Å²) in [6, 6.07) is 14.2. The van der Waals surface area contributed by atoms with Crippen LogP contribution in [0.4, 0.5) is 10.1 Å². The molecule has 0 bridgehead atoms. The molecule has 0 spiro atoms. The van der Waals surface area contributed by atoms with Gasteiger partial charge in [-0.05, 0) is 56.1 Å². The molecule has 3 rings (SSSR count). The fourth-order valence-corrected chi connectivity index (χ4v) is 3.30. The second-order valence-electron chi connectivity index (χ2n) is 6.16. The number of para-hydroxylation sites is 2. The summed E-state index contributed by atoms with van der Waals surface area (Å²) < 4.78 is 18.7. The molecule has 1 heterocycles. The molecule has 1 fully saturated rings. The minimum Gasteiger partial charge on any atom is -0.492 e. The Morgan fingerprint density at radius 1 is 1.24 bits per heavy atom. The zero-order chi connectivity index (χ0) is 17.6. The highest BCUT2D eigenvalue weighted by Gasteiger charge is 2.27. The van der Waals surface area contributed by atoms with E-state index in [-0.39, 0.29) is 17.8 Å². The lowest BCUT2D eigenvalue weighted by atomic mass is 10.0. The molecular formula is C20H23FN2O2. The maximum absolute atomic E-state index is 13.1. The van der Waals surface area contributed by atoms with Gasteiger partial charge in [-0.15, -0.1) is 0 Å². The average molecular weight is 342 g/mol. The zero-order valence-corrected chi connectivity index (χ0v) is 14.4. The van der Waals surface area contributed by atoms with Gasteiger partial charge in [-0.2, -0.15) is 0 Å². The minimum atomic E-state index is -0.237. The van der Waals surface area contributed by atoms with Gasteiger partial charge in [0.1, 0.15) is 11.6 Å². The summed E-state index contributed by atoms with van der Waals surface area (Å²) in [5, 5.41) is 2.94. The third-order valence-corrected chi connectivity index (χ3v) is 4.43. The SMILES string of the molecule is CCOc1ccccc1NC(=O)CN1CCCC1c1ccc(F)cc1. The van der Waals surface area contributed by atoms with Crippen molar-refractivity contribution >= 4 is 11.6 Å². The molecule has 0 aromatic heterocycles. The molecule has 1 N–H and O–H groups in total. The normalized spacial score (nSPS) is 17.4. The third-order valence-electron chi connectivity index (χ3n) is 4.43. The van der Waals surface area contributed by atoms with Gasteiger partial charge in [0.15, 0.2) is 0 Å². The molecule has 4 nitrogen and oxygen atoms in total. The van der Waals surface area contributed by atoms with Crippen LogP contribution in [0.2, 0.25) is 0 Å². The summed E-state index contributed by atoms with van der Waals surface area (Å²) >= 11 is 0. The Kier molecular flexibility index (Phi) is 5.66. The number of nitrogens with one attached hydrogen (secondary N) is 1. The molecule has 0 aliphatic carbocycles. The Labute approximate surface area is 147 Å². The number of carbonyl (C=O) groups excluding carboxylic acids is 1. The first-order valence-electron chi connectivity index (χ1n) is 8.68. The molecule has 1 saturated heterocycles. The van der Waals surface area contributed by atoms with Crippen molar-refractivity contribution < 1.29 is 13.9 Å². The molecule has 0 saturated carbocycles. The van der Waals surface area contributed by atoms with Crippen LogP contribution < -0.4 is 10.1 Å². The van der Waals surface area contributed by atoms with Crippen LogP contribution in [0.25, 0.3) is 0 Å². The number of benzene rings is 2. The van der Waals surface area contributed by atoms with Crippen molar-refractivity contribution in [2.75, 3.05) is 25.0 Å². The van der Waals surface area contributed by atoms with E-state index in [1.165, 1.54) is 12.1 Å². The lowest BCUT2D eigenvalue weighted by molar-refractivity contribution is -0.117. The van der Waals surface area contributed by atoms with Gasteiger partial charge in [0.2, 0.25) is 5.91 Å². The first kappa shape index (κ1) is 17.4. The zero-order valence-electron chi connectivity index (χ0n) is 14.4. The van der Waals surface area contributed by atoms with Gasteiger partial charge in [0.25, 0.3) is 0 Å². The number of nitrogens with zero attached hydrogens (tertiary/aromatic N) is 1. The summed E-state index contributed by atoms with van der Waals surface area (Å²) in [6.07, 6.45) is 2.01. The van der Waals surface area contributed by atoms with Crippen LogP contribution in [-0.4, -0.2) is 30.5 Å². The maximum Gasteiger partial charge on any atom is 0.238 e. The Bertz CT molecular complexity index is 718. The molecule has 1 atom stereocenters. The summed E-state index contributed by atoms with van der Waals surface area (Å²) in [4.78, 5) is 14.6. The molecule has 2 aromatic rings. The van der Waals surface area contributed by atoms with E-state index >= 15 is 0 Å². The second kappa shape index (κ2) is 8.12. The van der Waals surface area contributed by atoms with E-state index in [1.54, 1.807) is 12.1 Å². The molecule has 1 unspecified atom stereocenters. The van der Waals surface area contributed by atoms with Gasteiger partial charge in [-0.25, -0.2) is 4.39 Å². The topological polar surface area (TPSA) is 41.6 Å². The number of hydrogen-bond donors (Lipinski definition) is 1. The minimum absolute atomic E-state index is 0.0684. The van der Waals surface area contributed by atoms with Crippen molar-refractivity contribution in [1.82, 2.24) is 4.90 Å². The molecule has 1 aliphatic rings. The predicted molar refractivity (Wildman–Crippen MR) is 96.2 cm³/mol. The number of anilines is 1. The quantitative estimate of drug-likeness (QED) is 0.863. The molecule has 0 radical (unpaired) electrons. The van der Waals surface area contributed by atoms with Gasteiger partial charge < -0.3 is 10.1 Å². The summed E-state index contributed by atoms with van der Waals surface area (Å²) in [6.45, 7) is 3.63. The van der Waals surface area contributed by atoms with Gasteiger partial charge in [-0.1, -0.05) is 24.3 Å². The van der Waals surface area contributed by atoms with Crippen molar-refractivity contribution in [3.8, 4) is 5.75 Å². The third kappa shape index (κ3) is 4.37. The Balaban J connectivity index is 1.65. The molecule has 25 heavy (non-hydrogen) atoms. The van der Waals surface area contributed by atoms with Crippen LogP contribution in [0.5, 0.6) is 5.75 Å². The summed E-state index contributed by atoms with van der Waals surface area (Å²) in [7, 11) is 0. The largest absolute Gasteiger partial charge is 0.492 e. The lowest BCUT2D eigenvalue weighted by Gasteiger charge is -2.24. The van der Waals surface area contributed by atoms with Gasteiger partial charge in [-0.3, -0.25) is 9.69 Å². The lowest BCUT2D eigenvalue weighted by Crippen LogP contribution is -2.33. The van der Waals surface area contributed by atoms with Gasteiger partial charge in [0.05, 0.1) is 18.8 Å². The number of halogens is 1. The van der Waals surface area contributed by atoms with Crippen molar-refractivity contribution in [3.63, 3.8) is 0 Å². The van der Waals surface area contributed by atoms with Gasteiger partial charge in [0, 0.05) is 6.04 Å². The van der Waals surface area contributed by atoms with E-state index in [0.29, 0.717) is 24.6 Å². The maximum atomic E-state index is 13.1. The number of likely N-dealkylation sites (tertiary alicyclic amines) is 1. The van der Waals surface area contributed by atoms with Crippen LogP contribution in [0.1, 0.15) is 31.4 Å². The average Bonchev–Trinajstić information content (AvgIpc) is 3.05. The smallest absolute Gasteiger partial charge is 0.238 e. The first-order chi connectivity index (χ1) is 12.2. The first-order valence-corrected chi connectivity index (χ1v) is 8.68. The van der Waals surface area contributed by atoms with Crippen molar-refractivity contribution in [2.24, 2.45) is 0 Å². The van der Waals surface area contributed by atoms with Crippen LogP contribution in [0.15, 0.2) is 48.5 Å². The highest BCUT2D eigenvalue weighted by atomic mass is 19.1. The fraction of sp³-hybridized carbons (Fsp3) is 0.350. The Morgan fingerprint density at radius 2 is 2.00 bits per heavy atom. The number of carbonyl (C=O) groups is 1. The van der Waals surface area contributed by atoms with E-state index in [0.717, 1.165) is 24.9 Å². The van der Waals surface area contributed by atoms with Crippen molar-refractivity contribution in [3.05, 3.63) is 59.9 Å². The van der Waals surface area contributed by atoms with Crippen molar-refractivity contribution in [2.45, 2.75) is 25.8 Å². The molecule has 5 heteroatoms. The molecule has 1 aliphatic heterocycles. The fourth-order valence-electron chi connectivity index (χ4n) is 3.30. The molecule has 1 amide bonds. The second-order valence-corrected chi connectivity index (χ2v) is 6.16. The predicted octanol–water partition coefficient (Wildman–Crippen LogP) is 4.00. The van der Waals surface area contributed by atoms with Crippen LogP contribution in [-0.2, 0) is 4.79 Å². The number of hydrogen-bond acceptors (Lipinski definition) is 3. The van der Waals surface area contributed by atoms with E-state index in [9.17, 15) is 9.18 Å². The Hall–Kier alpha value is -2.40.